The zero-order chi connectivity index (χ0) is 8.72. The number of hydrogen-bond donors (Lipinski definition) is 3. The van der Waals surface area contributed by atoms with Crippen molar-refractivity contribution in [3.8, 4) is 5.88 Å². The predicted octanol–water partition coefficient (Wildman–Crippen LogP) is 1.59. The minimum absolute atomic E-state index is 0.0591. The maximum Gasteiger partial charge on any atom is 0.196 e. The Morgan fingerprint density at radius 3 is 2.83 bits per heavy atom. The summed E-state index contributed by atoms with van der Waals surface area (Å²) in [5, 5.41) is 9.94. The number of benzene rings is 1. The van der Waals surface area contributed by atoms with Crippen molar-refractivity contribution < 1.29 is 9.50 Å². The monoisotopic (exact) mass is 166 g/mol. The normalized spacial score (nSPS) is 10.8. The second-order valence-electron chi connectivity index (χ2n) is 2.60. The van der Waals surface area contributed by atoms with Crippen LogP contribution < -0.4 is 5.73 Å². The van der Waals surface area contributed by atoms with E-state index in [0.29, 0.717) is 16.5 Å². The molecular weight excluding hydrogens is 159 g/mol. The first-order valence-corrected chi connectivity index (χ1v) is 3.43. The minimum Gasteiger partial charge on any atom is -0.494 e. The molecule has 1 heterocycles. The van der Waals surface area contributed by atoms with Crippen LogP contribution in [0.5, 0.6) is 5.88 Å². The van der Waals surface area contributed by atoms with Gasteiger partial charge in [-0.2, -0.15) is 0 Å². The molecule has 0 bridgehead atoms. The molecule has 0 spiro atoms. The Kier molecular flexibility index (Phi) is 1.24. The Morgan fingerprint density at radius 1 is 1.33 bits per heavy atom. The molecule has 0 saturated heterocycles. The highest BCUT2D eigenvalue weighted by molar-refractivity contribution is 5.90. The van der Waals surface area contributed by atoms with E-state index in [4.69, 9.17) is 5.73 Å². The summed E-state index contributed by atoms with van der Waals surface area (Å²) >= 11 is 0. The molecule has 0 atom stereocenters. The lowest BCUT2D eigenvalue weighted by molar-refractivity contribution is 0.462. The van der Waals surface area contributed by atoms with Crippen molar-refractivity contribution in [3.63, 3.8) is 0 Å². The number of nitrogens with one attached hydrogen (secondary N) is 1. The molecule has 4 N–H and O–H groups in total. The van der Waals surface area contributed by atoms with Crippen molar-refractivity contribution in [2.75, 3.05) is 5.73 Å². The number of rotatable bonds is 0. The second-order valence-corrected chi connectivity index (χ2v) is 2.60. The van der Waals surface area contributed by atoms with Crippen molar-refractivity contribution in [1.82, 2.24) is 4.98 Å². The third-order valence-electron chi connectivity index (χ3n) is 1.76. The van der Waals surface area contributed by atoms with Crippen LogP contribution in [0.3, 0.4) is 0 Å². The highest BCUT2D eigenvalue weighted by atomic mass is 19.1. The Bertz CT molecular complexity index is 436. The number of hydrogen-bond acceptors (Lipinski definition) is 2. The second kappa shape index (κ2) is 2.14. The van der Waals surface area contributed by atoms with Gasteiger partial charge in [-0.15, -0.1) is 0 Å². The molecule has 0 saturated carbocycles. The van der Waals surface area contributed by atoms with Gasteiger partial charge in [0.05, 0.1) is 0 Å². The third kappa shape index (κ3) is 0.812. The molecule has 0 radical (unpaired) electrons. The molecule has 2 rings (SSSR count). The van der Waals surface area contributed by atoms with Gasteiger partial charge in [-0.25, -0.2) is 4.39 Å². The van der Waals surface area contributed by atoms with E-state index in [0.717, 1.165) is 0 Å². The van der Waals surface area contributed by atoms with Gasteiger partial charge in [0, 0.05) is 22.7 Å². The Labute approximate surface area is 67.6 Å². The van der Waals surface area contributed by atoms with Crippen molar-refractivity contribution in [1.29, 1.82) is 0 Å². The number of aromatic nitrogens is 1. The molecule has 0 unspecified atom stereocenters. The van der Waals surface area contributed by atoms with Gasteiger partial charge < -0.3 is 15.8 Å². The lowest BCUT2D eigenvalue weighted by atomic mass is 10.2. The molecule has 2 aromatic rings. The third-order valence-corrected chi connectivity index (χ3v) is 1.76. The highest BCUT2D eigenvalue weighted by Crippen LogP contribution is 2.27. The van der Waals surface area contributed by atoms with E-state index < -0.39 is 5.82 Å². The Hall–Kier alpha value is -1.71. The van der Waals surface area contributed by atoms with Crippen LogP contribution in [0.4, 0.5) is 10.1 Å². The van der Waals surface area contributed by atoms with Crippen LogP contribution in [0.1, 0.15) is 0 Å². The fraction of sp³-hybridized carbons (Fsp3) is 0. The molecule has 0 aliphatic rings. The van der Waals surface area contributed by atoms with Crippen LogP contribution in [0.25, 0.3) is 10.8 Å². The van der Waals surface area contributed by atoms with E-state index in [-0.39, 0.29) is 5.88 Å². The van der Waals surface area contributed by atoms with E-state index in [1.807, 2.05) is 0 Å². The quantitative estimate of drug-likeness (QED) is 0.520. The van der Waals surface area contributed by atoms with E-state index in [1.165, 1.54) is 18.3 Å². The fourth-order valence-electron chi connectivity index (χ4n) is 1.20. The Balaban J connectivity index is 2.92. The van der Waals surface area contributed by atoms with Gasteiger partial charge in [0.2, 0.25) is 0 Å². The average molecular weight is 166 g/mol. The lowest BCUT2D eigenvalue weighted by Crippen LogP contribution is -1.85. The molecular formula is C8H7FN2O. The first-order valence-electron chi connectivity index (χ1n) is 3.43. The number of H-pyrrole nitrogens is 1. The summed E-state index contributed by atoms with van der Waals surface area (Å²) in [7, 11) is 0. The first-order chi connectivity index (χ1) is 5.68. The topological polar surface area (TPSA) is 62.0 Å². The van der Waals surface area contributed by atoms with Crippen LogP contribution in [0.15, 0.2) is 18.3 Å². The lowest BCUT2D eigenvalue weighted by Gasteiger charge is -1.95. The van der Waals surface area contributed by atoms with Gasteiger partial charge in [0.15, 0.2) is 5.88 Å². The highest BCUT2D eigenvalue weighted by Gasteiger charge is 2.06. The number of fused-ring (bicyclic) bond motifs is 1. The van der Waals surface area contributed by atoms with Crippen LogP contribution in [-0.2, 0) is 0 Å². The molecule has 0 aliphatic carbocycles. The summed E-state index contributed by atoms with van der Waals surface area (Å²) in [5.74, 6) is -0.488. The van der Waals surface area contributed by atoms with Gasteiger partial charge in [0.25, 0.3) is 0 Å². The minimum atomic E-state index is -0.429. The average Bonchev–Trinajstić information content (AvgIpc) is 2.33. The summed E-state index contributed by atoms with van der Waals surface area (Å²) in [6.45, 7) is 0. The molecule has 1 aromatic heterocycles. The first kappa shape index (κ1) is 6.97. The van der Waals surface area contributed by atoms with E-state index in [1.54, 1.807) is 0 Å². The zero-order valence-corrected chi connectivity index (χ0v) is 6.13. The van der Waals surface area contributed by atoms with Crippen LogP contribution in [0, 0.1) is 5.82 Å². The number of anilines is 1. The number of halogens is 1. The van der Waals surface area contributed by atoms with Gasteiger partial charge >= 0.3 is 0 Å². The van der Waals surface area contributed by atoms with Crippen molar-refractivity contribution in [2.45, 2.75) is 0 Å². The van der Waals surface area contributed by atoms with Gasteiger partial charge in [0.1, 0.15) is 5.82 Å². The van der Waals surface area contributed by atoms with Crippen molar-refractivity contribution in [2.24, 2.45) is 0 Å². The molecule has 3 nitrogen and oxygen atoms in total. The maximum absolute atomic E-state index is 13.0. The van der Waals surface area contributed by atoms with Gasteiger partial charge in [-0.05, 0) is 12.1 Å². The molecule has 0 amide bonds. The molecule has 12 heavy (non-hydrogen) atoms. The fourth-order valence-corrected chi connectivity index (χ4v) is 1.20. The van der Waals surface area contributed by atoms with E-state index in [2.05, 4.69) is 4.98 Å². The zero-order valence-electron chi connectivity index (χ0n) is 6.13. The molecule has 62 valence electrons. The number of aromatic hydroxyl groups is 1. The summed E-state index contributed by atoms with van der Waals surface area (Å²) in [5.41, 5.74) is 5.69. The van der Waals surface area contributed by atoms with Gasteiger partial charge in [-0.1, -0.05) is 0 Å². The SMILES string of the molecule is Nc1cc(F)c2c[nH]c(O)c2c1. The standard InChI is InChI=1S/C8H7FN2O/c9-7-2-4(10)1-5-6(7)3-11-8(5)12/h1-3,11-12H,10H2. The summed E-state index contributed by atoms with van der Waals surface area (Å²) in [4.78, 5) is 2.50. The Morgan fingerprint density at radius 2 is 2.08 bits per heavy atom. The number of nitrogens with two attached hydrogens (primary N) is 1. The summed E-state index contributed by atoms with van der Waals surface area (Å²) < 4.78 is 13.0. The molecule has 0 aliphatic heterocycles. The molecule has 0 fully saturated rings. The van der Waals surface area contributed by atoms with E-state index in [9.17, 15) is 9.50 Å². The maximum atomic E-state index is 13.0. The van der Waals surface area contributed by atoms with Gasteiger partial charge in [-0.3, -0.25) is 0 Å². The molecule has 4 heteroatoms. The summed E-state index contributed by atoms with van der Waals surface area (Å²) in [6.07, 6.45) is 1.40. The van der Waals surface area contributed by atoms with Crippen LogP contribution in [-0.4, -0.2) is 10.1 Å². The van der Waals surface area contributed by atoms with E-state index >= 15 is 0 Å². The largest absolute Gasteiger partial charge is 0.494 e. The molecule has 1 aromatic carbocycles. The predicted molar refractivity (Wildman–Crippen MR) is 44.3 cm³/mol. The number of aromatic amines is 1. The van der Waals surface area contributed by atoms with Crippen molar-refractivity contribution >= 4 is 16.5 Å². The summed E-state index contributed by atoms with van der Waals surface area (Å²) in [6, 6.07) is 2.74. The van der Waals surface area contributed by atoms with Crippen LogP contribution >= 0.6 is 0 Å². The van der Waals surface area contributed by atoms with Crippen LogP contribution in [0.2, 0.25) is 0 Å². The number of nitrogen functional groups attached to an aromatic ring is 1. The smallest absolute Gasteiger partial charge is 0.196 e. The van der Waals surface area contributed by atoms with Crippen molar-refractivity contribution in [3.05, 3.63) is 24.1 Å².